The smallest absolute Gasteiger partial charge is 0.0406 e. The van der Waals surface area contributed by atoms with Gasteiger partial charge in [-0.1, -0.05) is 90.7 Å². The van der Waals surface area contributed by atoms with Crippen LogP contribution in [0.5, 0.6) is 0 Å². The fourth-order valence-electron chi connectivity index (χ4n) is 5.65. The SMILES string of the molecule is C#Cc1c2c(c(C#C)c3ccccc13)-c1cc3c4ccccc4ccc3c3cccc-2c13. The highest BCUT2D eigenvalue weighted by Crippen LogP contribution is 2.54. The lowest BCUT2D eigenvalue weighted by atomic mass is 9.88. The van der Waals surface area contributed by atoms with Crippen molar-refractivity contribution in [1.82, 2.24) is 0 Å². The van der Waals surface area contributed by atoms with Crippen LogP contribution in [0.15, 0.2) is 84.9 Å². The first kappa shape index (κ1) is 17.2. The van der Waals surface area contributed by atoms with Crippen LogP contribution in [0.2, 0.25) is 0 Å². The first-order chi connectivity index (χ1) is 15.8. The van der Waals surface area contributed by atoms with Crippen LogP contribution >= 0.6 is 0 Å². The Morgan fingerprint density at radius 1 is 0.469 bits per heavy atom. The Labute approximate surface area is 186 Å². The topological polar surface area (TPSA) is 0 Å². The fourth-order valence-corrected chi connectivity index (χ4v) is 5.65. The van der Waals surface area contributed by atoms with Gasteiger partial charge < -0.3 is 0 Å². The summed E-state index contributed by atoms with van der Waals surface area (Å²) in [4.78, 5) is 0. The lowest BCUT2D eigenvalue weighted by Crippen LogP contribution is -1.93. The van der Waals surface area contributed by atoms with Crippen molar-refractivity contribution in [2.45, 2.75) is 0 Å². The highest BCUT2D eigenvalue weighted by molar-refractivity contribution is 6.29. The van der Waals surface area contributed by atoms with E-state index < -0.39 is 0 Å². The summed E-state index contributed by atoms with van der Waals surface area (Å²) in [6.07, 6.45) is 12.3. The van der Waals surface area contributed by atoms with E-state index in [9.17, 15) is 0 Å². The molecule has 0 radical (unpaired) electrons. The Bertz CT molecular complexity index is 1880. The summed E-state index contributed by atoms with van der Waals surface area (Å²) in [6.45, 7) is 0. The Morgan fingerprint density at radius 2 is 1.09 bits per heavy atom. The molecule has 0 amide bonds. The number of rotatable bonds is 0. The highest BCUT2D eigenvalue weighted by atomic mass is 14.3. The summed E-state index contributed by atoms with van der Waals surface area (Å²) in [7, 11) is 0. The minimum atomic E-state index is 0.923. The van der Waals surface area contributed by atoms with Gasteiger partial charge in [-0.25, -0.2) is 0 Å². The normalized spacial score (nSPS) is 11.7. The molecule has 144 valence electrons. The van der Waals surface area contributed by atoms with Crippen LogP contribution in [-0.4, -0.2) is 0 Å². The van der Waals surface area contributed by atoms with Crippen molar-refractivity contribution in [3.63, 3.8) is 0 Å². The van der Waals surface area contributed by atoms with Gasteiger partial charge in [-0.3, -0.25) is 0 Å². The number of benzene rings is 6. The van der Waals surface area contributed by atoms with E-state index in [0.717, 1.165) is 33.0 Å². The van der Waals surface area contributed by atoms with E-state index in [1.54, 1.807) is 0 Å². The highest BCUT2D eigenvalue weighted by Gasteiger charge is 2.29. The van der Waals surface area contributed by atoms with Crippen molar-refractivity contribution in [2.75, 3.05) is 0 Å². The van der Waals surface area contributed by atoms with Gasteiger partial charge >= 0.3 is 0 Å². The first-order valence-electron chi connectivity index (χ1n) is 10.7. The van der Waals surface area contributed by atoms with Gasteiger partial charge in [-0.05, 0) is 60.3 Å². The summed E-state index contributed by atoms with van der Waals surface area (Å²) in [5.41, 5.74) is 6.40. The molecule has 0 N–H and O–H groups in total. The summed E-state index contributed by atoms with van der Waals surface area (Å²) in [5, 5.41) is 9.56. The number of fused-ring (bicyclic) bond motifs is 8. The number of hydrogen-bond acceptors (Lipinski definition) is 0. The second kappa shape index (κ2) is 6.01. The van der Waals surface area contributed by atoms with Gasteiger partial charge in [0.05, 0.1) is 0 Å². The zero-order valence-electron chi connectivity index (χ0n) is 17.2. The molecule has 0 saturated carbocycles. The molecule has 32 heavy (non-hydrogen) atoms. The van der Waals surface area contributed by atoms with E-state index in [-0.39, 0.29) is 0 Å². The molecule has 6 aromatic rings. The van der Waals surface area contributed by atoms with Gasteiger partial charge in [-0.2, -0.15) is 0 Å². The predicted molar refractivity (Wildman–Crippen MR) is 137 cm³/mol. The average Bonchev–Trinajstić information content (AvgIpc) is 3.17. The molecule has 7 rings (SSSR count). The average molecular weight is 400 g/mol. The van der Waals surface area contributed by atoms with Crippen molar-refractivity contribution >= 4 is 43.1 Å². The second-order valence-electron chi connectivity index (χ2n) is 8.37. The summed E-state index contributed by atoms with van der Waals surface area (Å²) < 4.78 is 0. The third-order valence-corrected chi connectivity index (χ3v) is 6.93. The number of terminal acetylenes is 2. The zero-order chi connectivity index (χ0) is 21.4. The van der Waals surface area contributed by atoms with E-state index in [2.05, 4.69) is 84.6 Å². The van der Waals surface area contributed by atoms with Gasteiger partial charge in [-0.15, -0.1) is 12.8 Å². The van der Waals surface area contributed by atoms with E-state index >= 15 is 0 Å². The third kappa shape index (κ3) is 1.95. The molecule has 0 heterocycles. The standard InChI is InChI=1S/C32H16/c1-3-20-23-12-7-8-13-24(23)21(4-2)32-29-18-28-22-11-6-5-10-19(22)16-17-25(28)26-14-9-15-27(30(26)29)31(20)32/h1-2,5-18H. The van der Waals surface area contributed by atoms with Gasteiger partial charge in [0.25, 0.3) is 0 Å². The Hall–Kier alpha value is -4.52. The zero-order valence-corrected chi connectivity index (χ0v) is 17.2. The van der Waals surface area contributed by atoms with E-state index in [1.807, 2.05) is 12.1 Å². The van der Waals surface area contributed by atoms with E-state index in [1.165, 1.54) is 43.4 Å². The lowest BCUT2D eigenvalue weighted by molar-refractivity contribution is 1.66. The molecule has 0 aliphatic heterocycles. The van der Waals surface area contributed by atoms with Crippen molar-refractivity contribution < 1.29 is 0 Å². The Kier molecular flexibility index (Phi) is 3.23. The number of hydrogen-bond donors (Lipinski definition) is 0. The molecular weight excluding hydrogens is 384 g/mol. The molecule has 0 spiro atoms. The van der Waals surface area contributed by atoms with Crippen LogP contribution in [0.1, 0.15) is 11.1 Å². The molecule has 1 aliphatic rings. The predicted octanol–water partition coefficient (Wildman–Crippen LogP) is 7.91. The molecular formula is C32H16. The molecule has 1 aliphatic carbocycles. The van der Waals surface area contributed by atoms with Crippen LogP contribution < -0.4 is 0 Å². The monoisotopic (exact) mass is 400 g/mol. The maximum Gasteiger partial charge on any atom is 0.0406 e. The van der Waals surface area contributed by atoms with Crippen molar-refractivity contribution in [2.24, 2.45) is 0 Å². The van der Waals surface area contributed by atoms with Crippen molar-refractivity contribution in [1.29, 1.82) is 0 Å². The summed E-state index contributed by atoms with van der Waals surface area (Å²) in [6, 6.07) is 30.1. The largest absolute Gasteiger partial charge is 0.115 e. The second-order valence-corrected chi connectivity index (χ2v) is 8.37. The molecule has 6 aromatic carbocycles. The quantitative estimate of drug-likeness (QED) is 0.179. The Morgan fingerprint density at radius 3 is 1.81 bits per heavy atom. The van der Waals surface area contributed by atoms with Gasteiger partial charge in [0.1, 0.15) is 0 Å². The maximum atomic E-state index is 6.14. The third-order valence-electron chi connectivity index (χ3n) is 6.93. The molecule has 0 aromatic heterocycles. The van der Waals surface area contributed by atoms with E-state index in [0.29, 0.717) is 0 Å². The van der Waals surface area contributed by atoms with Crippen LogP contribution in [0.4, 0.5) is 0 Å². The van der Waals surface area contributed by atoms with Crippen LogP contribution in [0.25, 0.3) is 65.3 Å². The molecule has 0 nitrogen and oxygen atoms in total. The molecule has 0 bridgehead atoms. The molecule has 0 saturated heterocycles. The van der Waals surface area contributed by atoms with Crippen LogP contribution in [0.3, 0.4) is 0 Å². The summed E-state index contributed by atoms with van der Waals surface area (Å²) in [5.74, 6) is 6.02. The first-order valence-corrected chi connectivity index (χ1v) is 10.7. The van der Waals surface area contributed by atoms with Gasteiger partial charge in [0, 0.05) is 22.3 Å². The maximum absolute atomic E-state index is 6.14. The summed E-state index contributed by atoms with van der Waals surface area (Å²) >= 11 is 0. The van der Waals surface area contributed by atoms with Crippen molar-refractivity contribution in [3.05, 3.63) is 96.1 Å². The van der Waals surface area contributed by atoms with Gasteiger partial charge in [0.15, 0.2) is 0 Å². The van der Waals surface area contributed by atoms with E-state index in [4.69, 9.17) is 12.8 Å². The molecule has 0 unspecified atom stereocenters. The molecule has 0 fully saturated rings. The fraction of sp³-hybridized carbons (Fsp3) is 0. The lowest BCUT2D eigenvalue weighted by Gasteiger charge is -2.14. The van der Waals surface area contributed by atoms with Crippen molar-refractivity contribution in [3.8, 4) is 46.9 Å². The van der Waals surface area contributed by atoms with Crippen LogP contribution in [0, 0.1) is 24.7 Å². The Balaban J connectivity index is 1.80. The minimum Gasteiger partial charge on any atom is -0.115 e. The molecule has 0 atom stereocenters. The molecule has 0 heteroatoms. The van der Waals surface area contributed by atoms with Gasteiger partial charge in [0.2, 0.25) is 0 Å². The van der Waals surface area contributed by atoms with Crippen LogP contribution in [-0.2, 0) is 0 Å². The minimum absolute atomic E-state index is 0.923.